The van der Waals surface area contributed by atoms with Gasteiger partial charge in [-0.15, -0.1) is 0 Å². The first-order valence-electron chi connectivity index (χ1n) is 11.0. The normalized spacial score (nSPS) is 15.3. The number of carbonyl (C=O) groups excluding carboxylic acids is 4. The molecule has 196 valence electrons. The van der Waals surface area contributed by atoms with Crippen molar-refractivity contribution in [3.8, 4) is 0 Å². The van der Waals surface area contributed by atoms with E-state index in [2.05, 4.69) is 16.0 Å². The smallest absolute Gasteiger partial charge is 0.326 e. The third kappa shape index (κ3) is 12.7. The van der Waals surface area contributed by atoms with Crippen molar-refractivity contribution in [2.24, 2.45) is 17.2 Å². The third-order valence-electron chi connectivity index (χ3n) is 4.94. The molecule has 0 aliphatic carbocycles. The maximum absolute atomic E-state index is 12.9. The van der Waals surface area contributed by atoms with Crippen LogP contribution in [0.25, 0.3) is 0 Å². The van der Waals surface area contributed by atoms with E-state index in [1.807, 2.05) is 6.26 Å². The van der Waals surface area contributed by atoms with Crippen LogP contribution >= 0.6 is 11.8 Å². The second-order valence-electron chi connectivity index (χ2n) is 7.86. The highest BCUT2D eigenvalue weighted by molar-refractivity contribution is 7.98. The lowest BCUT2D eigenvalue weighted by atomic mass is 10.1. The second-order valence-corrected chi connectivity index (χ2v) is 8.84. The zero-order valence-electron chi connectivity index (χ0n) is 19.6. The molecule has 0 aliphatic heterocycles. The Balaban J connectivity index is 5.48. The van der Waals surface area contributed by atoms with Gasteiger partial charge in [0.2, 0.25) is 23.6 Å². The number of hydrogen-bond donors (Lipinski definition) is 8. The number of rotatable bonds is 18. The lowest BCUT2D eigenvalue weighted by Gasteiger charge is -2.25. The van der Waals surface area contributed by atoms with Gasteiger partial charge in [-0.05, 0) is 57.6 Å². The minimum Gasteiger partial charge on any atom is -0.480 e. The van der Waals surface area contributed by atoms with Crippen LogP contribution in [-0.4, -0.2) is 88.6 Å². The maximum Gasteiger partial charge on any atom is 0.326 e. The standard InChI is InChI=1S/C20H38N6O7S/c1-11(27)16(23)19(31)25-13(8-10-34-2)18(30)24-12(5-3-4-9-21)17(29)26-14(20(32)33)6-7-15(22)28/h11-14,16,27H,3-10,21,23H2,1-2H3,(H2,22,28)(H,24,30)(H,25,31)(H,26,29)(H,32,33). The summed E-state index contributed by atoms with van der Waals surface area (Å²) in [5.74, 6) is -3.68. The molecule has 0 aromatic rings. The number of hydrogen-bond acceptors (Lipinski definition) is 9. The topological polar surface area (TPSA) is 240 Å². The molecule has 0 rings (SSSR count). The van der Waals surface area contributed by atoms with Gasteiger partial charge in [-0.2, -0.15) is 11.8 Å². The van der Waals surface area contributed by atoms with Crippen LogP contribution in [0.2, 0.25) is 0 Å². The van der Waals surface area contributed by atoms with Gasteiger partial charge >= 0.3 is 5.97 Å². The van der Waals surface area contributed by atoms with E-state index < -0.39 is 59.9 Å². The monoisotopic (exact) mass is 506 g/mol. The Morgan fingerprint density at radius 1 is 0.882 bits per heavy atom. The quantitative estimate of drug-likeness (QED) is 0.0900. The van der Waals surface area contributed by atoms with E-state index in [0.717, 1.165) is 0 Å². The minimum absolute atomic E-state index is 0.174. The summed E-state index contributed by atoms with van der Waals surface area (Å²) in [5.41, 5.74) is 16.2. The maximum atomic E-state index is 12.9. The molecule has 14 heteroatoms. The molecule has 0 saturated heterocycles. The molecule has 0 aliphatic rings. The molecular formula is C20H38N6O7S. The molecule has 4 amide bonds. The van der Waals surface area contributed by atoms with Crippen LogP contribution in [0.3, 0.4) is 0 Å². The van der Waals surface area contributed by atoms with Gasteiger partial charge in [0.1, 0.15) is 24.2 Å². The van der Waals surface area contributed by atoms with Crippen LogP contribution < -0.4 is 33.2 Å². The molecule has 0 radical (unpaired) electrons. The van der Waals surface area contributed by atoms with Crippen molar-refractivity contribution in [3.05, 3.63) is 0 Å². The average Bonchev–Trinajstić information content (AvgIpc) is 2.77. The van der Waals surface area contributed by atoms with E-state index in [0.29, 0.717) is 25.1 Å². The molecule has 0 spiro atoms. The van der Waals surface area contributed by atoms with E-state index in [1.165, 1.54) is 18.7 Å². The third-order valence-corrected chi connectivity index (χ3v) is 5.58. The molecule has 0 fully saturated rings. The Labute approximate surface area is 203 Å². The molecule has 0 aromatic carbocycles. The highest BCUT2D eigenvalue weighted by atomic mass is 32.2. The number of nitrogens with one attached hydrogen (secondary N) is 3. The summed E-state index contributed by atoms with van der Waals surface area (Å²) < 4.78 is 0. The first-order chi connectivity index (χ1) is 15.9. The molecule has 5 unspecified atom stereocenters. The summed E-state index contributed by atoms with van der Waals surface area (Å²) in [6.45, 7) is 1.71. The van der Waals surface area contributed by atoms with Gasteiger partial charge in [-0.1, -0.05) is 0 Å². The number of aliphatic hydroxyl groups excluding tert-OH is 1. The fourth-order valence-electron chi connectivity index (χ4n) is 2.84. The van der Waals surface area contributed by atoms with Crippen LogP contribution in [0.5, 0.6) is 0 Å². The van der Waals surface area contributed by atoms with Crippen molar-refractivity contribution in [2.45, 2.75) is 75.7 Å². The molecule has 5 atom stereocenters. The molecule has 0 heterocycles. The van der Waals surface area contributed by atoms with Crippen LogP contribution in [0.1, 0.15) is 45.4 Å². The van der Waals surface area contributed by atoms with E-state index >= 15 is 0 Å². The Kier molecular flexibility index (Phi) is 15.9. The van der Waals surface area contributed by atoms with Crippen molar-refractivity contribution in [1.29, 1.82) is 0 Å². The van der Waals surface area contributed by atoms with Crippen LogP contribution in [0.4, 0.5) is 0 Å². The lowest BCUT2D eigenvalue weighted by molar-refractivity contribution is -0.142. The number of carbonyl (C=O) groups is 5. The summed E-state index contributed by atoms with van der Waals surface area (Å²) in [5, 5.41) is 26.3. The molecule has 34 heavy (non-hydrogen) atoms. The van der Waals surface area contributed by atoms with E-state index in [1.54, 1.807) is 0 Å². The van der Waals surface area contributed by atoms with Gasteiger partial charge in [0.05, 0.1) is 6.10 Å². The molecular weight excluding hydrogens is 468 g/mol. The Morgan fingerprint density at radius 3 is 1.88 bits per heavy atom. The zero-order chi connectivity index (χ0) is 26.3. The number of amides is 4. The number of nitrogens with two attached hydrogens (primary N) is 3. The molecule has 13 nitrogen and oxygen atoms in total. The van der Waals surface area contributed by atoms with Gasteiger partial charge in [-0.25, -0.2) is 4.79 Å². The van der Waals surface area contributed by atoms with Gasteiger partial charge in [-0.3, -0.25) is 19.2 Å². The summed E-state index contributed by atoms with van der Waals surface area (Å²) in [6, 6.07) is -4.74. The second kappa shape index (κ2) is 17.1. The molecule has 11 N–H and O–H groups in total. The van der Waals surface area contributed by atoms with Crippen molar-refractivity contribution in [2.75, 3.05) is 18.6 Å². The fraction of sp³-hybridized carbons (Fsp3) is 0.750. The SMILES string of the molecule is CSCCC(NC(=O)C(N)C(C)O)C(=O)NC(CCCCN)C(=O)NC(CCC(N)=O)C(=O)O. The summed E-state index contributed by atoms with van der Waals surface area (Å²) in [7, 11) is 0. The Morgan fingerprint density at radius 2 is 1.41 bits per heavy atom. The molecule has 0 saturated carbocycles. The van der Waals surface area contributed by atoms with Crippen LogP contribution in [-0.2, 0) is 24.0 Å². The van der Waals surface area contributed by atoms with Crippen molar-refractivity contribution < 1.29 is 34.2 Å². The Bertz CT molecular complexity index is 694. The minimum atomic E-state index is -1.37. The number of aliphatic carboxylic acids is 1. The first kappa shape index (κ1) is 31.6. The average molecular weight is 507 g/mol. The number of carboxylic acids is 1. The number of carboxylic acid groups (broad SMARTS) is 1. The predicted octanol–water partition coefficient (Wildman–Crippen LogP) is -2.62. The van der Waals surface area contributed by atoms with Crippen molar-refractivity contribution >= 4 is 41.4 Å². The lowest BCUT2D eigenvalue weighted by Crippen LogP contribution is -2.58. The van der Waals surface area contributed by atoms with Gasteiger partial charge in [0.15, 0.2) is 0 Å². The molecule has 0 bridgehead atoms. The highest BCUT2D eigenvalue weighted by Crippen LogP contribution is 2.07. The highest BCUT2D eigenvalue weighted by Gasteiger charge is 2.30. The van der Waals surface area contributed by atoms with Gasteiger partial charge in [0.25, 0.3) is 0 Å². The van der Waals surface area contributed by atoms with Crippen molar-refractivity contribution in [3.63, 3.8) is 0 Å². The van der Waals surface area contributed by atoms with E-state index in [4.69, 9.17) is 17.2 Å². The van der Waals surface area contributed by atoms with E-state index in [-0.39, 0.29) is 25.7 Å². The number of thioether (sulfide) groups is 1. The molecule has 0 aromatic heterocycles. The van der Waals surface area contributed by atoms with E-state index in [9.17, 15) is 34.2 Å². The first-order valence-corrected chi connectivity index (χ1v) is 12.4. The summed E-state index contributed by atoms with van der Waals surface area (Å²) in [4.78, 5) is 60.5. The number of primary amides is 1. The summed E-state index contributed by atoms with van der Waals surface area (Å²) >= 11 is 1.44. The predicted molar refractivity (Wildman–Crippen MR) is 127 cm³/mol. The number of unbranched alkanes of at least 4 members (excludes halogenated alkanes) is 1. The zero-order valence-corrected chi connectivity index (χ0v) is 20.4. The number of aliphatic hydroxyl groups is 1. The Hall–Kier alpha value is -2.42. The summed E-state index contributed by atoms with van der Waals surface area (Å²) in [6.07, 6.45) is 1.69. The van der Waals surface area contributed by atoms with Gasteiger partial charge < -0.3 is 43.4 Å². The van der Waals surface area contributed by atoms with Crippen molar-refractivity contribution in [1.82, 2.24) is 16.0 Å². The van der Waals surface area contributed by atoms with Gasteiger partial charge in [0, 0.05) is 6.42 Å². The van der Waals surface area contributed by atoms with Crippen LogP contribution in [0.15, 0.2) is 0 Å². The van der Waals surface area contributed by atoms with Crippen LogP contribution in [0, 0.1) is 0 Å². The largest absolute Gasteiger partial charge is 0.480 e. The fourth-order valence-corrected chi connectivity index (χ4v) is 3.31.